The van der Waals surface area contributed by atoms with Crippen LogP contribution in [0.25, 0.3) is 0 Å². The van der Waals surface area contributed by atoms with Crippen molar-refractivity contribution >= 4 is 17.5 Å². The summed E-state index contributed by atoms with van der Waals surface area (Å²) in [6.45, 7) is 4.75. The molecule has 3 atom stereocenters. The number of methoxy groups -OCH3 is 1. The van der Waals surface area contributed by atoms with Gasteiger partial charge in [-0.15, -0.1) is 0 Å². The van der Waals surface area contributed by atoms with Gasteiger partial charge in [0.05, 0.1) is 14.2 Å². The summed E-state index contributed by atoms with van der Waals surface area (Å²) >= 11 is 0. The molecule has 0 aliphatic carbocycles. The second-order valence-corrected chi connectivity index (χ2v) is 7.29. The first-order valence-corrected chi connectivity index (χ1v) is 10.0. The maximum absolute atomic E-state index is 12.6. The van der Waals surface area contributed by atoms with Crippen molar-refractivity contribution in [2.24, 2.45) is 0 Å². The minimum atomic E-state index is -0.334. The first-order valence-electron chi connectivity index (χ1n) is 10.0. The van der Waals surface area contributed by atoms with Gasteiger partial charge in [0, 0.05) is 24.2 Å². The van der Waals surface area contributed by atoms with Gasteiger partial charge in [-0.05, 0) is 31.0 Å². The van der Waals surface area contributed by atoms with Crippen LogP contribution in [0.2, 0.25) is 0 Å². The van der Waals surface area contributed by atoms with Crippen molar-refractivity contribution in [2.45, 2.75) is 32.2 Å². The average Bonchev–Trinajstić information content (AvgIpc) is 2.74. The standard InChI is InChI=1S/C23H31N3O3/c1-5-18(19-10-7-6-8-11-19)15-24-23(28)17(2)26(3)16-22(27)25-20-12-9-13-21(14-20)29-4/h6-14,17-18H,5,15-16H2,1-4H3,(H,24,28)(H,25,27)/p+1/t17-,18+/m1/s1. The molecular formula is C23H32N3O3+. The smallest absolute Gasteiger partial charge is 0.279 e. The predicted octanol–water partition coefficient (Wildman–Crippen LogP) is 1.85. The van der Waals surface area contributed by atoms with Gasteiger partial charge in [-0.25, -0.2) is 0 Å². The summed E-state index contributed by atoms with van der Waals surface area (Å²) in [4.78, 5) is 25.8. The minimum Gasteiger partial charge on any atom is -0.497 e. The molecular weight excluding hydrogens is 366 g/mol. The molecule has 6 heteroatoms. The van der Waals surface area contributed by atoms with Crippen molar-refractivity contribution in [1.29, 1.82) is 0 Å². The summed E-state index contributed by atoms with van der Waals surface area (Å²) in [6.07, 6.45) is 0.949. The highest BCUT2D eigenvalue weighted by molar-refractivity contribution is 5.91. The van der Waals surface area contributed by atoms with Crippen molar-refractivity contribution < 1.29 is 19.2 Å². The first kappa shape index (κ1) is 22.4. The molecule has 2 aromatic carbocycles. The third-order valence-electron chi connectivity index (χ3n) is 5.21. The highest BCUT2D eigenvalue weighted by atomic mass is 16.5. The third-order valence-corrected chi connectivity index (χ3v) is 5.21. The van der Waals surface area contributed by atoms with E-state index >= 15 is 0 Å². The lowest BCUT2D eigenvalue weighted by molar-refractivity contribution is -0.885. The number of carbonyl (C=O) groups is 2. The Labute approximate surface area is 173 Å². The Morgan fingerprint density at radius 3 is 2.48 bits per heavy atom. The molecule has 0 aliphatic heterocycles. The van der Waals surface area contributed by atoms with E-state index in [0.29, 0.717) is 18.0 Å². The Balaban J connectivity index is 1.84. The van der Waals surface area contributed by atoms with Gasteiger partial charge in [0.2, 0.25) is 0 Å². The van der Waals surface area contributed by atoms with Crippen LogP contribution in [0.1, 0.15) is 31.7 Å². The van der Waals surface area contributed by atoms with E-state index in [0.717, 1.165) is 11.3 Å². The molecule has 3 N–H and O–H groups in total. The summed E-state index contributed by atoms with van der Waals surface area (Å²) < 4.78 is 5.17. The van der Waals surface area contributed by atoms with Gasteiger partial charge in [0.1, 0.15) is 5.75 Å². The Morgan fingerprint density at radius 2 is 1.83 bits per heavy atom. The zero-order valence-electron chi connectivity index (χ0n) is 17.7. The number of ether oxygens (including phenoxy) is 1. The topological polar surface area (TPSA) is 71.9 Å². The molecule has 0 saturated heterocycles. The van der Waals surface area contributed by atoms with Gasteiger partial charge in [-0.3, -0.25) is 9.59 Å². The fourth-order valence-corrected chi connectivity index (χ4v) is 3.14. The number of carbonyl (C=O) groups excluding carboxylic acids is 2. The molecule has 29 heavy (non-hydrogen) atoms. The number of quaternary nitrogens is 1. The quantitative estimate of drug-likeness (QED) is 0.572. The number of likely N-dealkylation sites (N-methyl/N-ethyl adjacent to an activating group) is 1. The molecule has 0 bridgehead atoms. The molecule has 1 unspecified atom stereocenters. The highest BCUT2D eigenvalue weighted by Crippen LogP contribution is 2.18. The van der Waals surface area contributed by atoms with Crippen LogP contribution in [0.5, 0.6) is 5.75 Å². The van der Waals surface area contributed by atoms with Gasteiger partial charge in [0.15, 0.2) is 12.6 Å². The molecule has 2 amide bonds. The van der Waals surface area contributed by atoms with Gasteiger partial charge in [-0.1, -0.05) is 43.3 Å². The lowest BCUT2D eigenvalue weighted by Crippen LogP contribution is -3.15. The van der Waals surface area contributed by atoms with Gasteiger partial charge >= 0.3 is 0 Å². The van der Waals surface area contributed by atoms with E-state index in [-0.39, 0.29) is 30.3 Å². The van der Waals surface area contributed by atoms with Crippen LogP contribution in [-0.4, -0.2) is 45.1 Å². The molecule has 0 fully saturated rings. The van der Waals surface area contributed by atoms with Crippen molar-refractivity contribution in [3.8, 4) is 5.75 Å². The lowest BCUT2D eigenvalue weighted by atomic mass is 9.96. The van der Waals surface area contributed by atoms with E-state index in [4.69, 9.17) is 4.74 Å². The number of benzene rings is 2. The van der Waals surface area contributed by atoms with Crippen LogP contribution in [0.15, 0.2) is 54.6 Å². The summed E-state index contributed by atoms with van der Waals surface area (Å²) in [5.74, 6) is 0.765. The Morgan fingerprint density at radius 1 is 1.10 bits per heavy atom. The summed E-state index contributed by atoms with van der Waals surface area (Å²) in [5, 5.41) is 5.89. The second-order valence-electron chi connectivity index (χ2n) is 7.29. The molecule has 156 valence electrons. The first-order chi connectivity index (χ1) is 13.9. The molecule has 0 saturated carbocycles. The van der Waals surface area contributed by atoms with E-state index in [9.17, 15) is 9.59 Å². The van der Waals surface area contributed by atoms with Gasteiger partial charge < -0.3 is 20.3 Å². The van der Waals surface area contributed by atoms with Crippen molar-refractivity contribution in [3.63, 3.8) is 0 Å². The molecule has 0 heterocycles. The fourth-order valence-electron chi connectivity index (χ4n) is 3.14. The van der Waals surface area contributed by atoms with Gasteiger partial charge in [0.25, 0.3) is 11.8 Å². The zero-order valence-corrected chi connectivity index (χ0v) is 17.7. The SMILES string of the molecule is CC[C@@H](CNC(=O)[C@@H](C)[NH+](C)CC(=O)Nc1cccc(OC)c1)c1ccccc1. The molecule has 0 radical (unpaired) electrons. The Kier molecular flexibility index (Phi) is 8.68. The molecule has 0 aliphatic rings. The summed E-state index contributed by atoms with van der Waals surface area (Å²) in [6, 6.07) is 17.1. The maximum atomic E-state index is 12.6. The number of hydrogen-bond donors (Lipinski definition) is 3. The van der Waals surface area contributed by atoms with E-state index in [1.165, 1.54) is 5.56 Å². The molecule has 2 rings (SSSR count). The van der Waals surface area contributed by atoms with Crippen molar-refractivity contribution in [1.82, 2.24) is 5.32 Å². The van der Waals surface area contributed by atoms with Crippen LogP contribution in [0.4, 0.5) is 5.69 Å². The van der Waals surface area contributed by atoms with E-state index in [1.54, 1.807) is 19.2 Å². The molecule has 0 aromatic heterocycles. The normalized spacial score (nSPS) is 13.8. The number of hydrogen-bond acceptors (Lipinski definition) is 3. The maximum Gasteiger partial charge on any atom is 0.279 e. The predicted molar refractivity (Wildman–Crippen MR) is 115 cm³/mol. The number of rotatable bonds is 10. The summed E-state index contributed by atoms with van der Waals surface area (Å²) in [7, 11) is 3.43. The molecule has 2 aromatic rings. The highest BCUT2D eigenvalue weighted by Gasteiger charge is 2.24. The van der Waals surface area contributed by atoms with E-state index in [2.05, 4.69) is 29.7 Å². The van der Waals surface area contributed by atoms with Crippen LogP contribution >= 0.6 is 0 Å². The average molecular weight is 399 g/mol. The zero-order chi connectivity index (χ0) is 21.2. The number of amides is 2. The monoisotopic (exact) mass is 398 g/mol. The van der Waals surface area contributed by atoms with Crippen LogP contribution in [0.3, 0.4) is 0 Å². The largest absolute Gasteiger partial charge is 0.497 e. The third kappa shape index (κ3) is 6.91. The number of anilines is 1. The molecule has 6 nitrogen and oxygen atoms in total. The fraction of sp³-hybridized carbons (Fsp3) is 0.391. The Hall–Kier alpha value is -2.86. The minimum absolute atomic E-state index is 0.0499. The van der Waals surface area contributed by atoms with Crippen LogP contribution < -0.4 is 20.3 Å². The van der Waals surface area contributed by atoms with Crippen molar-refractivity contribution in [2.75, 3.05) is 32.6 Å². The van der Waals surface area contributed by atoms with E-state index in [1.807, 2.05) is 44.3 Å². The molecule has 0 spiro atoms. The summed E-state index contributed by atoms with van der Waals surface area (Å²) in [5.41, 5.74) is 1.90. The van der Waals surface area contributed by atoms with Gasteiger partial charge in [-0.2, -0.15) is 0 Å². The van der Waals surface area contributed by atoms with Crippen molar-refractivity contribution in [3.05, 3.63) is 60.2 Å². The Bertz CT molecular complexity index is 795. The van der Waals surface area contributed by atoms with Crippen LogP contribution in [0, 0.1) is 0 Å². The number of nitrogens with one attached hydrogen (secondary N) is 3. The lowest BCUT2D eigenvalue weighted by Gasteiger charge is -2.22. The van der Waals surface area contributed by atoms with E-state index < -0.39 is 0 Å². The van der Waals surface area contributed by atoms with Crippen LogP contribution in [-0.2, 0) is 9.59 Å². The second kappa shape index (κ2) is 11.2.